The van der Waals surface area contributed by atoms with Crippen LogP contribution in [0.4, 0.5) is 0 Å². The van der Waals surface area contributed by atoms with Crippen molar-refractivity contribution in [3.63, 3.8) is 0 Å². The first-order valence-electron chi connectivity index (χ1n) is 5.57. The highest BCUT2D eigenvalue weighted by atomic mass is 32.3. The average molecular weight is 339 g/mol. The van der Waals surface area contributed by atoms with Crippen LogP contribution in [0.1, 0.15) is 0 Å². The van der Waals surface area contributed by atoms with Crippen LogP contribution in [0.25, 0.3) is 0 Å². The molecule has 0 amide bonds. The summed E-state index contributed by atoms with van der Waals surface area (Å²) in [6.07, 6.45) is 0. The van der Waals surface area contributed by atoms with Gasteiger partial charge in [-0.1, -0.05) is 17.8 Å². The number of hydrogen-bond acceptors (Lipinski definition) is 6. The van der Waals surface area contributed by atoms with Crippen molar-refractivity contribution in [3.8, 4) is 0 Å². The van der Waals surface area contributed by atoms with Crippen LogP contribution in [0.2, 0.25) is 0 Å². The number of thiophene rings is 1. The lowest BCUT2D eigenvalue weighted by Crippen LogP contribution is -2.26. The van der Waals surface area contributed by atoms with Gasteiger partial charge >= 0.3 is 0 Å². The van der Waals surface area contributed by atoms with Crippen LogP contribution in [0.15, 0.2) is 21.7 Å². The monoisotopic (exact) mass is 338 g/mol. The van der Waals surface area contributed by atoms with Gasteiger partial charge in [-0.15, -0.1) is 34.9 Å². The highest BCUT2D eigenvalue weighted by molar-refractivity contribution is 8.33. The molecule has 0 radical (unpaired) electrons. The smallest absolute Gasteiger partial charge is 0.102 e. The Morgan fingerprint density at radius 1 is 1.06 bits per heavy atom. The van der Waals surface area contributed by atoms with Crippen LogP contribution in [0.5, 0.6) is 0 Å². The molecule has 2 aliphatic heterocycles. The first kappa shape index (κ1) is 13.4. The first-order valence-corrected chi connectivity index (χ1v) is 11.5. The maximum absolute atomic E-state index is 2.26. The lowest BCUT2D eigenvalue weighted by atomic mass is 10.5. The summed E-state index contributed by atoms with van der Waals surface area (Å²) in [4.78, 5) is 0. The average Bonchev–Trinajstić information content (AvgIpc) is 2.69. The summed E-state index contributed by atoms with van der Waals surface area (Å²) in [6, 6.07) is 4.42. The van der Waals surface area contributed by atoms with Crippen molar-refractivity contribution in [1.29, 1.82) is 0 Å². The van der Waals surface area contributed by atoms with E-state index in [1.54, 1.807) is 0 Å². The molecular weight excluding hydrogens is 325 g/mol. The van der Waals surface area contributed by atoms with Gasteiger partial charge in [-0.25, -0.2) is 0 Å². The van der Waals surface area contributed by atoms with Crippen molar-refractivity contribution in [3.05, 3.63) is 17.5 Å². The molecule has 1 aromatic heterocycles. The van der Waals surface area contributed by atoms with Gasteiger partial charge in [-0.3, -0.25) is 0 Å². The van der Waals surface area contributed by atoms with E-state index in [9.17, 15) is 0 Å². The minimum Gasteiger partial charge on any atom is -0.160 e. The molecule has 2 aliphatic rings. The third kappa shape index (κ3) is 3.96. The van der Waals surface area contributed by atoms with Crippen LogP contribution in [-0.4, -0.2) is 37.4 Å². The van der Waals surface area contributed by atoms with E-state index in [2.05, 4.69) is 76.3 Å². The van der Waals surface area contributed by atoms with E-state index in [4.69, 9.17) is 0 Å². The predicted octanol–water partition coefficient (Wildman–Crippen LogP) is 4.82. The van der Waals surface area contributed by atoms with Gasteiger partial charge in [0.2, 0.25) is 0 Å². The Morgan fingerprint density at radius 2 is 1.71 bits per heavy atom. The quantitative estimate of drug-likeness (QED) is 0.537. The molecule has 0 aliphatic carbocycles. The van der Waals surface area contributed by atoms with E-state index >= 15 is 0 Å². The molecule has 2 saturated heterocycles. The van der Waals surface area contributed by atoms with Gasteiger partial charge in [0.15, 0.2) is 0 Å². The molecule has 6 heteroatoms. The van der Waals surface area contributed by atoms with Crippen molar-refractivity contribution in [1.82, 2.24) is 0 Å². The molecule has 0 spiro atoms. The molecule has 0 bridgehead atoms. The van der Waals surface area contributed by atoms with Crippen molar-refractivity contribution >= 4 is 70.1 Å². The molecular formula is C11H14S6. The predicted molar refractivity (Wildman–Crippen MR) is 91.4 cm³/mol. The number of thioether (sulfide) groups is 5. The Morgan fingerprint density at radius 3 is 2.12 bits per heavy atom. The Kier molecular flexibility index (Phi) is 5.33. The fourth-order valence-electron chi connectivity index (χ4n) is 1.41. The minimum absolute atomic E-state index is 0.713. The summed E-state index contributed by atoms with van der Waals surface area (Å²) in [5.41, 5.74) is 0. The Balaban J connectivity index is 1.53. The SMILES string of the molecule is c1csc(SC(SC2CSC2)SC2CSC2)c1. The summed E-state index contributed by atoms with van der Waals surface area (Å²) in [5.74, 6) is 5.47. The van der Waals surface area contributed by atoms with Crippen LogP contribution >= 0.6 is 70.1 Å². The van der Waals surface area contributed by atoms with Gasteiger partial charge in [0.1, 0.15) is 3.91 Å². The standard InChI is InChI=1S/C11H14S6/c1-2-10(14-3-1)17-11(15-8-4-12-5-8)16-9-6-13-7-9/h1-3,8-9,11H,4-7H2. The Labute approximate surface area is 128 Å². The third-order valence-corrected chi connectivity index (χ3v) is 11.5. The van der Waals surface area contributed by atoms with Gasteiger partial charge < -0.3 is 0 Å². The minimum atomic E-state index is 0.713. The van der Waals surface area contributed by atoms with Gasteiger partial charge in [0, 0.05) is 33.5 Å². The van der Waals surface area contributed by atoms with E-state index in [1.165, 1.54) is 27.2 Å². The molecule has 1 aromatic rings. The van der Waals surface area contributed by atoms with E-state index in [-0.39, 0.29) is 0 Å². The molecule has 3 heterocycles. The molecule has 17 heavy (non-hydrogen) atoms. The first-order chi connectivity index (χ1) is 8.40. The zero-order chi connectivity index (χ0) is 11.5. The molecule has 0 aromatic carbocycles. The van der Waals surface area contributed by atoms with Crippen molar-refractivity contribution in [2.75, 3.05) is 23.0 Å². The topological polar surface area (TPSA) is 0 Å². The van der Waals surface area contributed by atoms with Gasteiger partial charge in [0.25, 0.3) is 0 Å². The van der Waals surface area contributed by atoms with E-state index in [1.807, 2.05) is 11.3 Å². The highest BCUT2D eigenvalue weighted by Gasteiger charge is 2.29. The second-order valence-corrected chi connectivity index (χ2v) is 12.1. The number of rotatable bonds is 6. The number of hydrogen-bond donors (Lipinski definition) is 0. The lowest BCUT2D eigenvalue weighted by Gasteiger charge is -2.32. The van der Waals surface area contributed by atoms with Gasteiger partial charge in [-0.05, 0) is 11.4 Å². The maximum atomic E-state index is 2.26. The highest BCUT2D eigenvalue weighted by Crippen LogP contribution is 2.48. The van der Waals surface area contributed by atoms with E-state index in [0.717, 1.165) is 10.5 Å². The molecule has 0 N–H and O–H groups in total. The lowest BCUT2D eigenvalue weighted by molar-refractivity contribution is 1.08. The Hall–Kier alpha value is 1.45. The fourth-order valence-corrected chi connectivity index (χ4v) is 10.4. The van der Waals surface area contributed by atoms with E-state index in [0.29, 0.717) is 3.91 Å². The van der Waals surface area contributed by atoms with Crippen LogP contribution in [0.3, 0.4) is 0 Å². The molecule has 0 unspecified atom stereocenters. The molecule has 0 saturated carbocycles. The molecule has 2 fully saturated rings. The zero-order valence-corrected chi connectivity index (χ0v) is 14.1. The van der Waals surface area contributed by atoms with E-state index < -0.39 is 0 Å². The largest absolute Gasteiger partial charge is 0.160 e. The van der Waals surface area contributed by atoms with Crippen molar-refractivity contribution in [2.45, 2.75) is 18.6 Å². The molecule has 0 atom stereocenters. The third-order valence-electron chi connectivity index (χ3n) is 2.53. The van der Waals surface area contributed by atoms with Crippen molar-refractivity contribution in [2.24, 2.45) is 0 Å². The maximum Gasteiger partial charge on any atom is 0.102 e. The molecule has 3 rings (SSSR count). The second-order valence-electron chi connectivity index (χ2n) is 3.93. The van der Waals surface area contributed by atoms with Crippen molar-refractivity contribution < 1.29 is 0 Å². The fraction of sp³-hybridized carbons (Fsp3) is 0.636. The summed E-state index contributed by atoms with van der Waals surface area (Å²) >= 11 is 12.6. The summed E-state index contributed by atoms with van der Waals surface area (Å²) in [7, 11) is 0. The molecule has 0 nitrogen and oxygen atoms in total. The van der Waals surface area contributed by atoms with Crippen LogP contribution in [0, 0.1) is 0 Å². The van der Waals surface area contributed by atoms with Crippen LogP contribution in [-0.2, 0) is 0 Å². The second kappa shape index (κ2) is 6.75. The summed E-state index contributed by atoms with van der Waals surface area (Å²) in [6.45, 7) is 0. The van der Waals surface area contributed by atoms with Gasteiger partial charge in [0.05, 0.1) is 4.21 Å². The normalized spacial score (nSPS) is 21.5. The summed E-state index contributed by atoms with van der Waals surface area (Å²) in [5, 5.41) is 4.02. The Bertz CT molecular complexity index is 314. The van der Waals surface area contributed by atoms with Crippen LogP contribution < -0.4 is 0 Å². The summed E-state index contributed by atoms with van der Waals surface area (Å²) < 4.78 is 2.19. The van der Waals surface area contributed by atoms with Gasteiger partial charge in [-0.2, -0.15) is 23.5 Å². The molecule has 94 valence electrons. The zero-order valence-electron chi connectivity index (χ0n) is 9.24.